The SMILES string of the molecule is COc1ccc(C(CO)NCC(OC)OC)cc1OC. The second-order valence-electron chi connectivity index (χ2n) is 4.16. The Balaban J connectivity index is 2.79. The first-order chi connectivity index (χ1) is 9.69. The van der Waals surface area contributed by atoms with Crippen molar-refractivity contribution >= 4 is 0 Å². The van der Waals surface area contributed by atoms with Gasteiger partial charge in [-0.25, -0.2) is 0 Å². The van der Waals surface area contributed by atoms with Gasteiger partial charge in [0.05, 0.1) is 26.9 Å². The van der Waals surface area contributed by atoms with Crippen molar-refractivity contribution in [1.82, 2.24) is 5.32 Å². The first-order valence-electron chi connectivity index (χ1n) is 6.31. The molecule has 0 spiro atoms. The highest BCUT2D eigenvalue weighted by atomic mass is 16.7. The molecule has 0 fully saturated rings. The molecule has 6 nitrogen and oxygen atoms in total. The lowest BCUT2D eigenvalue weighted by Crippen LogP contribution is -2.34. The average molecular weight is 285 g/mol. The summed E-state index contributed by atoms with van der Waals surface area (Å²) in [6.45, 7) is 0.419. The zero-order valence-electron chi connectivity index (χ0n) is 12.4. The van der Waals surface area contributed by atoms with Gasteiger partial charge in [0.15, 0.2) is 17.8 Å². The van der Waals surface area contributed by atoms with E-state index in [0.29, 0.717) is 18.0 Å². The minimum absolute atomic E-state index is 0.0460. The minimum Gasteiger partial charge on any atom is -0.493 e. The molecule has 0 aliphatic rings. The van der Waals surface area contributed by atoms with Crippen molar-refractivity contribution in [3.63, 3.8) is 0 Å². The largest absolute Gasteiger partial charge is 0.493 e. The van der Waals surface area contributed by atoms with E-state index in [1.165, 1.54) is 0 Å². The fourth-order valence-corrected chi connectivity index (χ4v) is 1.86. The standard InChI is InChI=1S/C14H23NO5/c1-17-12-6-5-10(7-13(12)18-2)11(9-16)15-8-14(19-3)20-4/h5-7,11,14-16H,8-9H2,1-4H3. The van der Waals surface area contributed by atoms with Crippen molar-refractivity contribution in [3.05, 3.63) is 23.8 Å². The van der Waals surface area contributed by atoms with Gasteiger partial charge >= 0.3 is 0 Å². The molecule has 0 saturated heterocycles. The van der Waals surface area contributed by atoms with Gasteiger partial charge < -0.3 is 29.4 Å². The summed E-state index contributed by atoms with van der Waals surface area (Å²) >= 11 is 0. The molecule has 0 aliphatic heterocycles. The van der Waals surface area contributed by atoms with Gasteiger partial charge in [-0.2, -0.15) is 0 Å². The third-order valence-electron chi connectivity index (χ3n) is 3.05. The van der Waals surface area contributed by atoms with Gasteiger partial charge in [-0.3, -0.25) is 0 Å². The predicted molar refractivity (Wildman–Crippen MR) is 75.2 cm³/mol. The van der Waals surface area contributed by atoms with Gasteiger partial charge in [0.1, 0.15) is 0 Å². The number of rotatable bonds is 9. The van der Waals surface area contributed by atoms with Crippen LogP contribution in [-0.4, -0.2) is 53.0 Å². The van der Waals surface area contributed by atoms with E-state index >= 15 is 0 Å². The van der Waals surface area contributed by atoms with E-state index in [9.17, 15) is 5.11 Å². The van der Waals surface area contributed by atoms with E-state index in [2.05, 4.69) is 5.32 Å². The zero-order valence-corrected chi connectivity index (χ0v) is 12.4. The van der Waals surface area contributed by atoms with Crippen LogP contribution < -0.4 is 14.8 Å². The Hall–Kier alpha value is -1.34. The van der Waals surface area contributed by atoms with Crippen LogP contribution in [-0.2, 0) is 9.47 Å². The lowest BCUT2D eigenvalue weighted by Gasteiger charge is -2.21. The number of benzene rings is 1. The number of nitrogens with one attached hydrogen (secondary N) is 1. The molecule has 1 rings (SSSR count). The summed E-state index contributed by atoms with van der Waals surface area (Å²) in [5.41, 5.74) is 0.899. The lowest BCUT2D eigenvalue weighted by molar-refractivity contribution is -0.100. The molecule has 0 bridgehead atoms. The van der Waals surface area contributed by atoms with Crippen molar-refractivity contribution in [2.45, 2.75) is 12.3 Å². The highest BCUT2D eigenvalue weighted by molar-refractivity contribution is 5.43. The maximum Gasteiger partial charge on any atom is 0.169 e. The van der Waals surface area contributed by atoms with Crippen molar-refractivity contribution < 1.29 is 24.1 Å². The van der Waals surface area contributed by atoms with Crippen molar-refractivity contribution in [1.29, 1.82) is 0 Å². The topological polar surface area (TPSA) is 69.2 Å². The molecule has 0 saturated carbocycles. The molecular weight excluding hydrogens is 262 g/mol. The molecular formula is C14H23NO5. The smallest absolute Gasteiger partial charge is 0.169 e. The number of aliphatic hydroxyl groups is 1. The Kier molecular flexibility index (Phi) is 7.32. The Morgan fingerprint density at radius 2 is 1.70 bits per heavy atom. The molecule has 0 heterocycles. The number of hydrogen-bond acceptors (Lipinski definition) is 6. The molecule has 0 aromatic heterocycles. The van der Waals surface area contributed by atoms with E-state index < -0.39 is 0 Å². The highest BCUT2D eigenvalue weighted by Gasteiger charge is 2.15. The Labute approximate surface area is 119 Å². The van der Waals surface area contributed by atoms with E-state index in [1.54, 1.807) is 28.4 Å². The summed E-state index contributed by atoms with van der Waals surface area (Å²) in [5, 5.41) is 12.7. The Bertz CT molecular complexity index is 395. The summed E-state index contributed by atoms with van der Waals surface area (Å²) in [7, 11) is 6.30. The van der Waals surface area contributed by atoms with E-state index in [0.717, 1.165) is 5.56 Å². The van der Waals surface area contributed by atoms with Crippen LogP contribution in [0.5, 0.6) is 11.5 Å². The quantitative estimate of drug-likeness (QED) is 0.658. The first-order valence-corrected chi connectivity index (χ1v) is 6.31. The molecule has 0 radical (unpaired) electrons. The van der Waals surface area contributed by atoms with Gasteiger partial charge in [0.2, 0.25) is 0 Å². The van der Waals surface area contributed by atoms with Crippen LogP contribution in [0.1, 0.15) is 11.6 Å². The maximum absolute atomic E-state index is 9.51. The molecule has 1 aromatic carbocycles. The molecule has 1 atom stereocenters. The number of ether oxygens (including phenoxy) is 4. The number of aliphatic hydroxyl groups excluding tert-OH is 1. The van der Waals surface area contributed by atoms with Crippen LogP contribution in [0.3, 0.4) is 0 Å². The minimum atomic E-state index is -0.357. The average Bonchev–Trinajstić information content (AvgIpc) is 2.51. The zero-order chi connectivity index (χ0) is 15.0. The van der Waals surface area contributed by atoms with Gasteiger partial charge in [0, 0.05) is 20.8 Å². The molecule has 20 heavy (non-hydrogen) atoms. The second-order valence-corrected chi connectivity index (χ2v) is 4.16. The van der Waals surface area contributed by atoms with Crippen LogP contribution in [0, 0.1) is 0 Å². The highest BCUT2D eigenvalue weighted by Crippen LogP contribution is 2.29. The molecule has 2 N–H and O–H groups in total. The monoisotopic (exact) mass is 285 g/mol. The number of methoxy groups -OCH3 is 4. The normalized spacial score (nSPS) is 12.5. The van der Waals surface area contributed by atoms with E-state index in [4.69, 9.17) is 18.9 Å². The van der Waals surface area contributed by atoms with E-state index in [1.807, 2.05) is 18.2 Å². The van der Waals surface area contributed by atoms with Gasteiger partial charge in [-0.05, 0) is 17.7 Å². The predicted octanol–water partition coefficient (Wildman–Crippen LogP) is 0.946. The van der Waals surface area contributed by atoms with E-state index in [-0.39, 0.29) is 18.9 Å². The molecule has 0 amide bonds. The molecule has 114 valence electrons. The van der Waals surface area contributed by atoms with Crippen LogP contribution in [0.4, 0.5) is 0 Å². The van der Waals surface area contributed by atoms with Crippen LogP contribution >= 0.6 is 0 Å². The molecule has 6 heteroatoms. The van der Waals surface area contributed by atoms with Crippen molar-refractivity contribution in [3.8, 4) is 11.5 Å². The fraction of sp³-hybridized carbons (Fsp3) is 0.571. The Morgan fingerprint density at radius 3 is 2.20 bits per heavy atom. The number of hydrogen-bond donors (Lipinski definition) is 2. The van der Waals surface area contributed by atoms with Gasteiger partial charge in [-0.1, -0.05) is 6.07 Å². The van der Waals surface area contributed by atoms with Gasteiger partial charge in [0.25, 0.3) is 0 Å². The van der Waals surface area contributed by atoms with Crippen LogP contribution in [0.25, 0.3) is 0 Å². The third-order valence-corrected chi connectivity index (χ3v) is 3.05. The Morgan fingerprint density at radius 1 is 1.05 bits per heavy atom. The summed E-state index contributed by atoms with van der Waals surface area (Å²) in [4.78, 5) is 0. The molecule has 1 aromatic rings. The second kappa shape index (κ2) is 8.76. The van der Waals surface area contributed by atoms with Gasteiger partial charge in [-0.15, -0.1) is 0 Å². The summed E-state index contributed by atoms with van der Waals surface area (Å²) in [6.07, 6.45) is -0.357. The lowest BCUT2D eigenvalue weighted by atomic mass is 10.1. The summed E-state index contributed by atoms with van der Waals surface area (Å²) in [6, 6.07) is 5.29. The van der Waals surface area contributed by atoms with Crippen LogP contribution in [0.15, 0.2) is 18.2 Å². The fourth-order valence-electron chi connectivity index (χ4n) is 1.86. The first kappa shape index (κ1) is 16.7. The summed E-state index contributed by atoms with van der Waals surface area (Å²) in [5.74, 6) is 1.28. The van der Waals surface area contributed by atoms with Crippen LogP contribution in [0.2, 0.25) is 0 Å². The van der Waals surface area contributed by atoms with Crippen molar-refractivity contribution in [2.75, 3.05) is 41.6 Å². The summed E-state index contributed by atoms with van der Waals surface area (Å²) < 4.78 is 20.6. The maximum atomic E-state index is 9.51. The molecule has 1 unspecified atom stereocenters. The third kappa shape index (κ3) is 4.35. The van der Waals surface area contributed by atoms with Crippen molar-refractivity contribution in [2.24, 2.45) is 0 Å². The molecule has 0 aliphatic carbocycles.